The fraction of sp³-hybridized carbons (Fsp3) is 0.308. The van der Waals surface area contributed by atoms with Crippen LogP contribution >= 0.6 is 0 Å². The molecule has 0 spiro atoms. The molecule has 3 rings (SSSR count). The first-order valence-corrected chi connectivity index (χ1v) is 5.59. The quantitative estimate of drug-likeness (QED) is 0.716. The summed E-state index contributed by atoms with van der Waals surface area (Å²) >= 11 is 0. The molecule has 0 atom stereocenters. The maximum Gasteiger partial charge on any atom is 0.219 e. The van der Waals surface area contributed by atoms with Crippen LogP contribution in [-0.2, 0) is 17.8 Å². The van der Waals surface area contributed by atoms with Crippen LogP contribution in [0, 0.1) is 0 Å². The molecule has 1 aliphatic rings. The van der Waals surface area contributed by atoms with Crippen LogP contribution in [0.15, 0.2) is 24.3 Å². The number of amides is 1. The van der Waals surface area contributed by atoms with Gasteiger partial charge >= 0.3 is 0 Å². The van der Waals surface area contributed by atoms with Gasteiger partial charge in [0.2, 0.25) is 5.91 Å². The van der Waals surface area contributed by atoms with Gasteiger partial charge in [-0.3, -0.25) is 4.79 Å². The second-order valence-electron chi connectivity index (χ2n) is 4.32. The summed E-state index contributed by atoms with van der Waals surface area (Å²) in [6, 6.07) is 8.33. The van der Waals surface area contributed by atoms with Gasteiger partial charge in [0.05, 0.1) is 6.54 Å². The summed E-state index contributed by atoms with van der Waals surface area (Å²) in [6.07, 6.45) is 0.957. The third kappa shape index (κ3) is 1.32. The molecule has 1 aromatic heterocycles. The van der Waals surface area contributed by atoms with E-state index in [1.54, 1.807) is 6.92 Å². The van der Waals surface area contributed by atoms with E-state index in [2.05, 4.69) is 23.2 Å². The topological polar surface area (TPSA) is 36.1 Å². The summed E-state index contributed by atoms with van der Waals surface area (Å²) in [5.74, 6) is 0.157. The Labute approximate surface area is 94.1 Å². The molecule has 3 heteroatoms. The van der Waals surface area contributed by atoms with E-state index in [1.165, 1.54) is 22.2 Å². The average molecular weight is 214 g/mol. The summed E-state index contributed by atoms with van der Waals surface area (Å²) in [5.41, 5.74) is 3.76. The highest BCUT2D eigenvalue weighted by Crippen LogP contribution is 2.27. The van der Waals surface area contributed by atoms with Gasteiger partial charge in [-0.05, 0) is 18.1 Å². The molecule has 1 aliphatic heterocycles. The second-order valence-corrected chi connectivity index (χ2v) is 4.32. The molecule has 82 valence electrons. The van der Waals surface area contributed by atoms with Gasteiger partial charge in [-0.1, -0.05) is 18.2 Å². The van der Waals surface area contributed by atoms with Crippen LogP contribution in [0.4, 0.5) is 0 Å². The highest BCUT2D eigenvalue weighted by molar-refractivity contribution is 5.85. The van der Waals surface area contributed by atoms with Gasteiger partial charge in [-0.2, -0.15) is 0 Å². The molecule has 3 nitrogen and oxygen atoms in total. The van der Waals surface area contributed by atoms with Crippen molar-refractivity contribution in [1.82, 2.24) is 9.88 Å². The Kier molecular flexibility index (Phi) is 1.99. The Morgan fingerprint density at radius 3 is 3.00 bits per heavy atom. The molecule has 2 aromatic rings. The van der Waals surface area contributed by atoms with Crippen LogP contribution in [0.3, 0.4) is 0 Å². The number of hydrogen-bond acceptors (Lipinski definition) is 1. The molecule has 16 heavy (non-hydrogen) atoms. The molecule has 0 unspecified atom stereocenters. The molecule has 0 saturated carbocycles. The highest BCUT2D eigenvalue weighted by atomic mass is 16.2. The molecule has 1 N–H and O–H groups in total. The number of aromatic nitrogens is 1. The zero-order valence-corrected chi connectivity index (χ0v) is 9.29. The molecule has 1 aromatic carbocycles. The molecular formula is C13H14N2O. The lowest BCUT2D eigenvalue weighted by atomic mass is 10.0. The van der Waals surface area contributed by atoms with Crippen LogP contribution in [-0.4, -0.2) is 22.3 Å². The largest absolute Gasteiger partial charge is 0.357 e. The monoisotopic (exact) mass is 214 g/mol. The van der Waals surface area contributed by atoms with E-state index in [-0.39, 0.29) is 5.91 Å². The molecule has 0 bridgehead atoms. The first kappa shape index (κ1) is 9.46. The van der Waals surface area contributed by atoms with Crippen molar-refractivity contribution in [1.29, 1.82) is 0 Å². The normalized spacial score (nSPS) is 15.2. The zero-order valence-electron chi connectivity index (χ0n) is 9.29. The predicted octanol–water partition coefficient (Wildman–Crippen LogP) is 2.07. The van der Waals surface area contributed by atoms with Gasteiger partial charge in [0.25, 0.3) is 0 Å². The van der Waals surface area contributed by atoms with E-state index in [0.717, 1.165) is 19.5 Å². The van der Waals surface area contributed by atoms with Crippen LogP contribution in [0.1, 0.15) is 18.2 Å². The van der Waals surface area contributed by atoms with Gasteiger partial charge < -0.3 is 9.88 Å². The lowest BCUT2D eigenvalue weighted by Crippen LogP contribution is -2.34. The van der Waals surface area contributed by atoms with E-state index >= 15 is 0 Å². The van der Waals surface area contributed by atoms with E-state index in [1.807, 2.05) is 11.0 Å². The minimum Gasteiger partial charge on any atom is -0.357 e. The minimum atomic E-state index is 0.157. The highest BCUT2D eigenvalue weighted by Gasteiger charge is 2.21. The van der Waals surface area contributed by atoms with Gasteiger partial charge in [-0.15, -0.1) is 0 Å². The number of carbonyl (C=O) groups is 1. The Morgan fingerprint density at radius 2 is 2.19 bits per heavy atom. The summed E-state index contributed by atoms with van der Waals surface area (Å²) in [6.45, 7) is 3.19. The number of para-hydroxylation sites is 1. The Morgan fingerprint density at radius 1 is 1.38 bits per heavy atom. The van der Waals surface area contributed by atoms with Gasteiger partial charge in [0.15, 0.2) is 0 Å². The fourth-order valence-corrected chi connectivity index (χ4v) is 2.46. The summed E-state index contributed by atoms with van der Waals surface area (Å²) in [4.78, 5) is 16.6. The molecule has 1 amide bonds. The lowest BCUT2D eigenvalue weighted by molar-refractivity contribution is -0.129. The third-order valence-electron chi connectivity index (χ3n) is 3.33. The standard InChI is InChI=1S/C13H14N2O/c1-9(16)15-7-6-11-10-4-2-3-5-12(10)14-13(11)8-15/h2-5,14H,6-8H2,1H3. The summed E-state index contributed by atoms with van der Waals surface area (Å²) in [5, 5.41) is 1.31. The number of benzene rings is 1. The number of fused-ring (bicyclic) bond motifs is 3. The van der Waals surface area contributed by atoms with Gasteiger partial charge in [-0.25, -0.2) is 0 Å². The fourth-order valence-electron chi connectivity index (χ4n) is 2.46. The van der Waals surface area contributed by atoms with Crippen molar-refractivity contribution in [3.05, 3.63) is 35.5 Å². The average Bonchev–Trinajstić information content (AvgIpc) is 2.66. The molecular weight excluding hydrogens is 200 g/mol. The Bertz CT molecular complexity index is 556. The smallest absolute Gasteiger partial charge is 0.219 e. The second kappa shape index (κ2) is 3.37. The van der Waals surface area contributed by atoms with E-state index in [9.17, 15) is 4.79 Å². The minimum absolute atomic E-state index is 0.157. The van der Waals surface area contributed by atoms with Crippen molar-refractivity contribution in [2.75, 3.05) is 6.54 Å². The predicted molar refractivity (Wildman–Crippen MR) is 63.1 cm³/mol. The molecule has 0 aliphatic carbocycles. The molecule has 0 saturated heterocycles. The number of carbonyl (C=O) groups excluding carboxylic acids is 1. The van der Waals surface area contributed by atoms with Crippen LogP contribution in [0.25, 0.3) is 10.9 Å². The third-order valence-corrected chi connectivity index (χ3v) is 3.33. The Hall–Kier alpha value is -1.77. The first-order valence-electron chi connectivity index (χ1n) is 5.59. The van der Waals surface area contributed by atoms with E-state index in [4.69, 9.17) is 0 Å². The van der Waals surface area contributed by atoms with Gasteiger partial charge in [0, 0.05) is 30.1 Å². The van der Waals surface area contributed by atoms with Gasteiger partial charge in [0.1, 0.15) is 0 Å². The van der Waals surface area contributed by atoms with Crippen LogP contribution < -0.4 is 0 Å². The van der Waals surface area contributed by atoms with Crippen molar-refractivity contribution in [3.8, 4) is 0 Å². The number of nitrogens with one attached hydrogen (secondary N) is 1. The number of rotatable bonds is 0. The van der Waals surface area contributed by atoms with Crippen molar-refractivity contribution in [3.63, 3.8) is 0 Å². The number of aromatic amines is 1. The number of nitrogens with zero attached hydrogens (tertiary/aromatic N) is 1. The first-order chi connectivity index (χ1) is 7.75. The van der Waals surface area contributed by atoms with Crippen molar-refractivity contribution >= 4 is 16.8 Å². The van der Waals surface area contributed by atoms with Crippen molar-refractivity contribution in [2.24, 2.45) is 0 Å². The van der Waals surface area contributed by atoms with E-state index in [0.29, 0.717) is 0 Å². The summed E-state index contributed by atoms with van der Waals surface area (Å²) in [7, 11) is 0. The molecule has 0 radical (unpaired) electrons. The lowest BCUT2D eigenvalue weighted by Gasteiger charge is -2.25. The maximum absolute atomic E-state index is 11.3. The summed E-state index contributed by atoms with van der Waals surface area (Å²) < 4.78 is 0. The molecule has 2 heterocycles. The SMILES string of the molecule is CC(=O)N1CCc2c([nH]c3ccccc23)C1. The zero-order chi connectivity index (χ0) is 11.1. The van der Waals surface area contributed by atoms with Crippen LogP contribution in [0.5, 0.6) is 0 Å². The van der Waals surface area contributed by atoms with Crippen molar-refractivity contribution < 1.29 is 4.79 Å². The van der Waals surface area contributed by atoms with Crippen molar-refractivity contribution in [2.45, 2.75) is 19.9 Å². The number of hydrogen-bond donors (Lipinski definition) is 1. The Balaban J connectivity index is 2.09. The number of H-pyrrole nitrogens is 1. The van der Waals surface area contributed by atoms with Crippen LogP contribution in [0.2, 0.25) is 0 Å². The maximum atomic E-state index is 11.3. The molecule has 0 fully saturated rings. The van der Waals surface area contributed by atoms with E-state index < -0.39 is 0 Å².